The molecule has 27 heavy (non-hydrogen) atoms. The molecule has 0 saturated carbocycles. The van der Waals surface area contributed by atoms with Gasteiger partial charge in [0.05, 0.1) is 4.90 Å². The van der Waals surface area contributed by atoms with Crippen molar-refractivity contribution in [3.05, 3.63) is 42.0 Å². The van der Waals surface area contributed by atoms with E-state index in [-0.39, 0.29) is 17.9 Å². The zero-order valence-corrected chi connectivity index (χ0v) is 16.9. The predicted octanol–water partition coefficient (Wildman–Crippen LogP) is 3.40. The van der Waals surface area contributed by atoms with E-state index in [2.05, 4.69) is 17.5 Å². The summed E-state index contributed by atoms with van der Waals surface area (Å²) < 4.78 is 27.8. The second kappa shape index (κ2) is 9.02. The minimum absolute atomic E-state index is 0.0448. The highest BCUT2D eigenvalue weighted by Gasteiger charge is 2.33. The number of hydrogen-bond acceptors (Lipinski definition) is 3. The Kier molecular flexibility index (Phi) is 6.71. The van der Waals surface area contributed by atoms with Gasteiger partial charge in [0, 0.05) is 25.0 Å². The summed E-state index contributed by atoms with van der Waals surface area (Å²) in [6, 6.07) is 7.01. The van der Waals surface area contributed by atoms with Crippen LogP contribution in [0.5, 0.6) is 0 Å². The van der Waals surface area contributed by atoms with Crippen LogP contribution >= 0.6 is 0 Å². The monoisotopic (exact) mass is 390 g/mol. The van der Waals surface area contributed by atoms with E-state index in [0.717, 1.165) is 44.1 Å². The largest absolute Gasteiger partial charge is 0.356 e. The lowest BCUT2D eigenvalue weighted by Crippen LogP contribution is -2.45. The van der Waals surface area contributed by atoms with Gasteiger partial charge in [-0.1, -0.05) is 36.3 Å². The van der Waals surface area contributed by atoms with Gasteiger partial charge >= 0.3 is 0 Å². The zero-order chi connectivity index (χ0) is 19.3. The summed E-state index contributed by atoms with van der Waals surface area (Å²) in [6.45, 7) is 3.04. The van der Waals surface area contributed by atoms with Gasteiger partial charge in [-0.2, -0.15) is 4.31 Å². The Bertz CT molecular complexity index is 771. The van der Waals surface area contributed by atoms with E-state index in [1.165, 1.54) is 0 Å². The maximum absolute atomic E-state index is 13.1. The number of benzene rings is 1. The molecule has 1 aliphatic carbocycles. The highest BCUT2D eigenvalue weighted by molar-refractivity contribution is 7.89. The number of carbonyl (C=O) groups is 1. The van der Waals surface area contributed by atoms with Gasteiger partial charge in [-0.15, -0.1) is 0 Å². The Morgan fingerprint density at radius 3 is 2.63 bits per heavy atom. The quantitative estimate of drug-likeness (QED) is 0.757. The number of rotatable bonds is 6. The molecule has 2 atom stereocenters. The van der Waals surface area contributed by atoms with Crippen LogP contribution in [0.4, 0.5) is 0 Å². The Hall–Kier alpha value is -1.66. The van der Waals surface area contributed by atoms with Gasteiger partial charge < -0.3 is 5.32 Å². The topological polar surface area (TPSA) is 66.5 Å². The molecule has 6 heteroatoms. The third-order valence-electron chi connectivity index (χ3n) is 5.62. The molecule has 2 aliphatic rings. The fraction of sp³-hybridized carbons (Fsp3) is 0.571. The van der Waals surface area contributed by atoms with Crippen LogP contribution in [0, 0.1) is 12.8 Å². The van der Waals surface area contributed by atoms with Gasteiger partial charge in [0.25, 0.3) is 0 Å². The molecular weight excluding hydrogens is 360 g/mol. The molecule has 0 spiro atoms. The van der Waals surface area contributed by atoms with Crippen LogP contribution < -0.4 is 5.32 Å². The van der Waals surface area contributed by atoms with E-state index in [1.54, 1.807) is 16.4 Å². The molecular formula is C21H30N2O3S. The molecule has 1 aromatic rings. The van der Waals surface area contributed by atoms with E-state index >= 15 is 0 Å². The van der Waals surface area contributed by atoms with Crippen molar-refractivity contribution in [2.45, 2.75) is 62.8 Å². The summed E-state index contributed by atoms with van der Waals surface area (Å²) in [5, 5.41) is 3.02. The molecule has 1 heterocycles. The van der Waals surface area contributed by atoms with E-state index in [9.17, 15) is 13.2 Å². The smallest absolute Gasteiger partial charge is 0.243 e. The van der Waals surface area contributed by atoms with Crippen LogP contribution in [0.3, 0.4) is 0 Å². The first-order valence-corrected chi connectivity index (χ1v) is 11.4. The minimum Gasteiger partial charge on any atom is -0.356 e. The van der Waals surface area contributed by atoms with E-state index in [1.807, 2.05) is 19.1 Å². The third-order valence-corrected chi connectivity index (χ3v) is 7.58. The molecule has 3 rings (SSSR count). The fourth-order valence-electron chi connectivity index (χ4n) is 3.96. The number of amides is 1. The highest BCUT2D eigenvalue weighted by Crippen LogP contribution is 2.27. The van der Waals surface area contributed by atoms with Crippen LogP contribution in [-0.4, -0.2) is 37.8 Å². The Morgan fingerprint density at radius 2 is 1.93 bits per heavy atom. The van der Waals surface area contributed by atoms with Crippen LogP contribution in [-0.2, 0) is 14.8 Å². The Labute approximate surface area is 162 Å². The number of carbonyl (C=O) groups excluding carboxylic acids is 1. The summed E-state index contributed by atoms with van der Waals surface area (Å²) in [7, 11) is -3.49. The summed E-state index contributed by atoms with van der Waals surface area (Å²) in [5.74, 6) is 0.164. The second-order valence-electron chi connectivity index (χ2n) is 7.64. The molecule has 1 amide bonds. The first kappa shape index (κ1) is 20.1. The first-order valence-electron chi connectivity index (χ1n) is 10.00. The molecule has 0 radical (unpaired) electrons. The van der Waals surface area contributed by atoms with Gasteiger partial charge in [-0.05, 0) is 57.6 Å². The first-order chi connectivity index (χ1) is 13.0. The molecule has 0 unspecified atom stereocenters. The summed E-state index contributed by atoms with van der Waals surface area (Å²) in [5.41, 5.74) is 1.05. The van der Waals surface area contributed by atoms with E-state index in [0.29, 0.717) is 24.4 Å². The lowest BCUT2D eigenvalue weighted by molar-refractivity contribution is -0.125. The van der Waals surface area contributed by atoms with Gasteiger partial charge in [-0.25, -0.2) is 8.42 Å². The molecule has 1 fully saturated rings. The van der Waals surface area contributed by atoms with E-state index in [4.69, 9.17) is 0 Å². The van der Waals surface area contributed by atoms with Gasteiger partial charge in [-0.3, -0.25) is 4.79 Å². The number of aryl methyl sites for hydroxylation is 1. The average Bonchev–Trinajstić information content (AvgIpc) is 2.69. The zero-order valence-electron chi connectivity index (χ0n) is 16.1. The fourth-order valence-corrected chi connectivity index (χ4v) is 5.69. The maximum atomic E-state index is 13.1. The van der Waals surface area contributed by atoms with Crippen molar-refractivity contribution in [3.63, 3.8) is 0 Å². The van der Waals surface area contributed by atoms with E-state index < -0.39 is 10.0 Å². The van der Waals surface area contributed by atoms with Crippen molar-refractivity contribution in [1.82, 2.24) is 9.62 Å². The van der Waals surface area contributed by atoms with Crippen LogP contribution in [0.15, 0.2) is 41.3 Å². The van der Waals surface area contributed by atoms with Crippen molar-refractivity contribution >= 4 is 15.9 Å². The molecule has 1 aromatic carbocycles. The summed E-state index contributed by atoms with van der Waals surface area (Å²) in [6.07, 6.45) is 10.3. The SMILES string of the molecule is Cc1ccc(S(=O)(=O)N2CCCC[C@@H]2CCNC(=O)[C@@H]2CC=CCC2)cc1. The average molecular weight is 391 g/mol. The highest BCUT2D eigenvalue weighted by atomic mass is 32.2. The Balaban J connectivity index is 1.60. The Morgan fingerprint density at radius 1 is 1.15 bits per heavy atom. The van der Waals surface area contributed by atoms with Crippen LogP contribution in [0.1, 0.15) is 50.5 Å². The maximum Gasteiger partial charge on any atom is 0.243 e. The van der Waals surface area contributed by atoms with Crippen LogP contribution in [0.2, 0.25) is 0 Å². The minimum atomic E-state index is -3.49. The number of piperidine rings is 1. The van der Waals surface area contributed by atoms with Crippen molar-refractivity contribution in [2.75, 3.05) is 13.1 Å². The number of hydrogen-bond donors (Lipinski definition) is 1. The summed E-state index contributed by atoms with van der Waals surface area (Å²) in [4.78, 5) is 12.7. The number of nitrogens with one attached hydrogen (secondary N) is 1. The number of nitrogens with zero attached hydrogens (tertiary/aromatic N) is 1. The molecule has 5 nitrogen and oxygen atoms in total. The van der Waals surface area contributed by atoms with Crippen LogP contribution in [0.25, 0.3) is 0 Å². The lowest BCUT2D eigenvalue weighted by atomic mass is 9.93. The molecule has 0 aromatic heterocycles. The van der Waals surface area contributed by atoms with Gasteiger partial charge in [0.2, 0.25) is 15.9 Å². The van der Waals surface area contributed by atoms with Crippen molar-refractivity contribution in [3.8, 4) is 0 Å². The van der Waals surface area contributed by atoms with Crippen molar-refractivity contribution in [1.29, 1.82) is 0 Å². The van der Waals surface area contributed by atoms with Gasteiger partial charge in [0.1, 0.15) is 0 Å². The summed E-state index contributed by atoms with van der Waals surface area (Å²) >= 11 is 0. The molecule has 1 saturated heterocycles. The molecule has 1 N–H and O–H groups in total. The standard InChI is InChI=1S/C21H30N2O3S/c1-17-10-12-20(13-11-17)27(25,26)23-16-6-5-9-19(23)14-15-22-21(24)18-7-3-2-4-8-18/h2-3,10-13,18-19H,4-9,14-16H2,1H3,(H,22,24)/t18-,19-/m1/s1. The third kappa shape index (κ3) is 4.99. The van der Waals surface area contributed by atoms with Gasteiger partial charge in [0.15, 0.2) is 0 Å². The van der Waals surface area contributed by atoms with Crippen molar-refractivity contribution < 1.29 is 13.2 Å². The predicted molar refractivity (Wildman–Crippen MR) is 107 cm³/mol. The number of sulfonamides is 1. The van der Waals surface area contributed by atoms with Crippen molar-refractivity contribution in [2.24, 2.45) is 5.92 Å². The number of allylic oxidation sites excluding steroid dienone is 2. The normalized spacial score (nSPS) is 23.9. The molecule has 1 aliphatic heterocycles. The lowest BCUT2D eigenvalue weighted by Gasteiger charge is -2.35. The second-order valence-corrected chi connectivity index (χ2v) is 9.53. The molecule has 0 bridgehead atoms. The molecule has 148 valence electrons.